The summed E-state index contributed by atoms with van der Waals surface area (Å²) < 4.78 is 0.966. The Labute approximate surface area is 102 Å². The monoisotopic (exact) mass is 275 g/mol. The van der Waals surface area contributed by atoms with Gasteiger partial charge in [0.1, 0.15) is 6.29 Å². The predicted octanol–water partition coefficient (Wildman–Crippen LogP) is 3.51. The molecule has 0 bridgehead atoms. The number of carbonyl (C=O) groups excluding carboxylic acids is 1. The minimum Gasteiger partial charge on any atom is -0.398 e. The first-order valence-electron chi connectivity index (χ1n) is 4.81. The summed E-state index contributed by atoms with van der Waals surface area (Å²) in [5.74, 6) is 0. The molecule has 0 radical (unpaired) electrons. The number of hydrogen-bond donors (Lipinski definition) is 1. The molecule has 0 aliphatic rings. The van der Waals surface area contributed by atoms with E-state index >= 15 is 0 Å². The lowest BCUT2D eigenvalue weighted by atomic mass is 10.0. The van der Waals surface area contributed by atoms with Crippen LogP contribution in [0.1, 0.15) is 10.4 Å². The van der Waals surface area contributed by atoms with Crippen molar-refractivity contribution in [3.05, 3.63) is 52.5 Å². The Morgan fingerprint density at radius 2 is 1.94 bits per heavy atom. The molecule has 2 rings (SSSR count). The molecule has 2 aromatic rings. The summed E-state index contributed by atoms with van der Waals surface area (Å²) >= 11 is 3.40. The zero-order valence-electron chi connectivity index (χ0n) is 8.48. The largest absolute Gasteiger partial charge is 0.398 e. The Kier molecular flexibility index (Phi) is 3.06. The van der Waals surface area contributed by atoms with Crippen molar-refractivity contribution >= 4 is 27.9 Å². The maximum absolute atomic E-state index is 10.7. The zero-order valence-corrected chi connectivity index (χ0v) is 10.1. The third-order valence-electron chi connectivity index (χ3n) is 2.35. The van der Waals surface area contributed by atoms with Gasteiger partial charge in [0.2, 0.25) is 0 Å². The molecule has 0 unspecified atom stereocenters. The Bertz CT molecular complexity index is 537. The van der Waals surface area contributed by atoms with Crippen LogP contribution in [0.15, 0.2) is 46.9 Å². The molecule has 0 spiro atoms. The van der Waals surface area contributed by atoms with E-state index in [1.165, 1.54) is 0 Å². The second-order valence-corrected chi connectivity index (χ2v) is 4.39. The molecule has 0 heterocycles. The smallest absolute Gasteiger partial charge is 0.150 e. The number of aldehydes is 1. The standard InChI is InChI=1S/C13H10BrNO/c14-11-4-5-13(15)12(7-11)10-3-1-2-9(6-10)8-16/h1-8H,15H2. The first-order valence-corrected chi connectivity index (χ1v) is 5.60. The molecule has 2 aromatic carbocycles. The molecule has 2 N–H and O–H groups in total. The van der Waals surface area contributed by atoms with Crippen LogP contribution < -0.4 is 5.73 Å². The van der Waals surface area contributed by atoms with Gasteiger partial charge in [0.15, 0.2) is 0 Å². The Hall–Kier alpha value is -1.61. The Morgan fingerprint density at radius 3 is 2.69 bits per heavy atom. The summed E-state index contributed by atoms with van der Waals surface area (Å²) in [4.78, 5) is 10.7. The molecule has 80 valence electrons. The zero-order chi connectivity index (χ0) is 11.5. The number of anilines is 1. The highest BCUT2D eigenvalue weighted by atomic mass is 79.9. The second kappa shape index (κ2) is 4.49. The molecule has 0 saturated heterocycles. The average Bonchev–Trinajstić information content (AvgIpc) is 2.32. The third-order valence-corrected chi connectivity index (χ3v) is 2.84. The van der Waals surface area contributed by atoms with Crippen LogP contribution in [0, 0.1) is 0 Å². The van der Waals surface area contributed by atoms with Crippen LogP contribution in [-0.2, 0) is 0 Å². The molecule has 16 heavy (non-hydrogen) atoms. The van der Waals surface area contributed by atoms with Gasteiger partial charge in [-0.3, -0.25) is 4.79 Å². The first-order chi connectivity index (χ1) is 7.70. The van der Waals surface area contributed by atoms with Gasteiger partial charge in [-0.25, -0.2) is 0 Å². The molecule has 3 heteroatoms. The van der Waals surface area contributed by atoms with E-state index in [0.717, 1.165) is 21.9 Å². The van der Waals surface area contributed by atoms with E-state index in [0.29, 0.717) is 11.3 Å². The molecule has 0 aliphatic carbocycles. The SMILES string of the molecule is Nc1ccc(Br)cc1-c1cccc(C=O)c1. The second-order valence-electron chi connectivity index (χ2n) is 3.47. The molecular formula is C13H10BrNO. The van der Waals surface area contributed by atoms with Gasteiger partial charge in [-0.1, -0.05) is 34.1 Å². The van der Waals surface area contributed by atoms with E-state index in [4.69, 9.17) is 5.73 Å². The van der Waals surface area contributed by atoms with E-state index in [1.54, 1.807) is 6.07 Å². The number of hydrogen-bond acceptors (Lipinski definition) is 2. The Balaban J connectivity index is 2.57. The summed E-state index contributed by atoms with van der Waals surface area (Å²) in [6, 6.07) is 13.1. The molecule has 0 atom stereocenters. The molecule has 2 nitrogen and oxygen atoms in total. The van der Waals surface area contributed by atoms with Crippen molar-refractivity contribution in [1.82, 2.24) is 0 Å². The van der Waals surface area contributed by atoms with Crippen LogP contribution in [0.3, 0.4) is 0 Å². The minimum absolute atomic E-state index is 0.650. The molecular weight excluding hydrogens is 266 g/mol. The quantitative estimate of drug-likeness (QED) is 0.673. The van der Waals surface area contributed by atoms with Crippen LogP contribution in [0.4, 0.5) is 5.69 Å². The van der Waals surface area contributed by atoms with Crippen LogP contribution >= 0.6 is 15.9 Å². The molecule has 0 fully saturated rings. The fraction of sp³-hybridized carbons (Fsp3) is 0. The van der Waals surface area contributed by atoms with E-state index < -0.39 is 0 Å². The van der Waals surface area contributed by atoms with Crippen LogP contribution in [0.25, 0.3) is 11.1 Å². The lowest BCUT2D eigenvalue weighted by Crippen LogP contribution is -1.90. The number of carbonyl (C=O) groups is 1. The van der Waals surface area contributed by atoms with Crippen molar-refractivity contribution in [1.29, 1.82) is 0 Å². The summed E-state index contributed by atoms with van der Waals surface area (Å²) in [5.41, 5.74) is 9.13. The van der Waals surface area contributed by atoms with Crippen molar-refractivity contribution in [3.8, 4) is 11.1 Å². The minimum atomic E-state index is 0.650. The lowest BCUT2D eigenvalue weighted by Gasteiger charge is -2.06. The maximum Gasteiger partial charge on any atom is 0.150 e. The van der Waals surface area contributed by atoms with Gasteiger partial charge >= 0.3 is 0 Å². The van der Waals surface area contributed by atoms with Crippen molar-refractivity contribution in [2.45, 2.75) is 0 Å². The van der Waals surface area contributed by atoms with Gasteiger partial charge < -0.3 is 5.73 Å². The average molecular weight is 276 g/mol. The molecule has 0 saturated carbocycles. The lowest BCUT2D eigenvalue weighted by molar-refractivity contribution is 0.112. The van der Waals surface area contributed by atoms with E-state index in [1.807, 2.05) is 36.4 Å². The number of nitrogens with two attached hydrogens (primary N) is 1. The first kappa shape index (κ1) is 10.9. The summed E-state index contributed by atoms with van der Waals surface area (Å²) in [7, 11) is 0. The fourth-order valence-electron chi connectivity index (χ4n) is 1.56. The van der Waals surface area contributed by atoms with E-state index in [-0.39, 0.29) is 0 Å². The highest BCUT2D eigenvalue weighted by Crippen LogP contribution is 2.29. The van der Waals surface area contributed by atoms with E-state index in [9.17, 15) is 4.79 Å². The van der Waals surface area contributed by atoms with E-state index in [2.05, 4.69) is 15.9 Å². The number of nitrogen functional groups attached to an aromatic ring is 1. The van der Waals surface area contributed by atoms with Crippen molar-refractivity contribution < 1.29 is 4.79 Å². The third kappa shape index (κ3) is 2.14. The molecule has 0 amide bonds. The number of halogens is 1. The molecule has 0 aromatic heterocycles. The van der Waals surface area contributed by atoms with Crippen LogP contribution in [0.2, 0.25) is 0 Å². The van der Waals surface area contributed by atoms with Gasteiger partial charge in [-0.05, 0) is 29.8 Å². The number of benzene rings is 2. The van der Waals surface area contributed by atoms with Crippen LogP contribution in [-0.4, -0.2) is 6.29 Å². The van der Waals surface area contributed by atoms with Crippen molar-refractivity contribution in [3.63, 3.8) is 0 Å². The normalized spacial score (nSPS) is 10.1. The van der Waals surface area contributed by atoms with Gasteiger partial charge in [0, 0.05) is 21.3 Å². The number of rotatable bonds is 2. The summed E-state index contributed by atoms with van der Waals surface area (Å²) in [6.07, 6.45) is 0.831. The summed E-state index contributed by atoms with van der Waals surface area (Å²) in [6.45, 7) is 0. The maximum atomic E-state index is 10.7. The Morgan fingerprint density at radius 1 is 1.12 bits per heavy atom. The summed E-state index contributed by atoms with van der Waals surface area (Å²) in [5, 5.41) is 0. The van der Waals surface area contributed by atoms with Crippen LogP contribution in [0.5, 0.6) is 0 Å². The van der Waals surface area contributed by atoms with Gasteiger partial charge in [-0.15, -0.1) is 0 Å². The highest BCUT2D eigenvalue weighted by molar-refractivity contribution is 9.10. The molecule has 0 aliphatic heterocycles. The fourth-order valence-corrected chi connectivity index (χ4v) is 1.92. The topological polar surface area (TPSA) is 43.1 Å². The van der Waals surface area contributed by atoms with Crippen molar-refractivity contribution in [2.75, 3.05) is 5.73 Å². The van der Waals surface area contributed by atoms with Gasteiger partial charge in [-0.2, -0.15) is 0 Å². The van der Waals surface area contributed by atoms with Gasteiger partial charge in [0.05, 0.1) is 0 Å². The van der Waals surface area contributed by atoms with Gasteiger partial charge in [0.25, 0.3) is 0 Å². The predicted molar refractivity (Wildman–Crippen MR) is 69.4 cm³/mol. The highest BCUT2D eigenvalue weighted by Gasteiger charge is 2.03. The van der Waals surface area contributed by atoms with Crippen molar-refractivity contribution in [2.24, 2.45) is 0 Å².